The summed E-state index contributed by atoms with van der Waals surface area (Å²) in [6.07, 6.45) is 0.508. The lowest BCUT2D eigenvalue weighted by atomic mass is 9.79. The second kappa shape index (κ2) is 8.30. The SMILES string of the molecule is COc1ccc(OC)c(NC(=O)[C@H]2C[C@H](C(C)C)N[C@@]23C(=O)Nc2c(Cl)cc(C)cc23)c1. The van der Waals surface area contributed by atoms with Crippen molar-refractivity contribution in [1.29, 1.82) is 0 Å². The largest absolute Gasteiger partial charge is 0.497 e. The number of ether oxygens (including phenoxy) is 2. The Morgan fingerprint density at radius 3 is 2.62 bits per heavy atom. The fraction of sp³-hybridized carbons (Fsp3) is 0.417. The summed E-state index contributed by atoms with van der Waals surface area (Å²) in [7, 11) is 3.10. The van der Waals surface area contributed by atoms with E-state index in [9.17, 15) is 9.59 Å². The van der Waals surface area contributed by atoms with E-state index in [1.54, 1.807) is 25.3 Å². The van der Waals surface area contributed by atoms with Gasteiger partial charge in [0, 0.05) is 17.7 Å². The lowest BCUT2D eigenvalue weighted by molar-refractivity contribution is -0.130. The van der Waals surface area contributed by atoms with E-state index in [0.717, 1.165) is 5.56 Å². The van der Waals surface area contributed by atoms with Gasteiger partial charge in [-0.2, -0.15) is 0 Å². The number of halogens is 1. The number of anilines is 2. The maximum atomic E-state index is 13.7. The van der Waals surface area contributed by atoms with Crippen LogP contribution in [-0.2, 0) is 15.1 Å². The molecule has 0 radical (unpaired) electrons. The van der Waals surface area contributed by atoms with Gasteiger partial charge in [-0.15, -0.1) is 0 Å². The Kier molecular flexibility index (Phi) is 5.81. The van der Waals surface area contributed by atoms with Crippen molar-refractivity contribution in [3.8, 4) is 11.5 Å². The standard InChI is InChI=1S/C24H28ClN3O4/c1-12(2)18-11-16(22(29)26-19-10-14(31-4)6-7-20(19)32-5)24(28-18)15-8-13(3)9-17(25)21(15)27-23(24)30/h6-10,12,16,18,28H,11H2,1-5H3,(H,26,29)(H,27,30)/t16-,18-,24-/m1/s1. The van der Waals surface area contributed by atoms with E-state index in [0.29, 0.717) is 39.9 Å². The minimum Gasteiger partial charge on any atom is -0.497 e. The third-order valence-corrected chi connectivity index (χ3v) is 6.77. The number of amides is 2. The number of rotatable bonds is 5. The van der Waals surface area contributed by atoms with Gasteiger partial charge in [-0.1, -0.05) is 31.5 Å². The Bertz CT molecular complexity index is 1090. The Morgan fingerprint density at radius 2 is 1.97 bits per heavy atom. The van der Waals surface area contributed by atoms with Gasteiger partial charge in [-0.3, -0.25) is 14.9 Å². The van der Waals surface area contributed by atoms with E-state index in [-0.39, 0.29) is 23.8 Å². The normalized spacial score (nSPS) is 23.9. The van der Waals surface area contributed by atoms with Crippen molar-refractivity contribution in [2.75, 3.05) is 24.9 Å². The second-order valence-corrected chi connectivity index (χ2v) is 9.18. The third-order valence-electron chi connectivity index (χ3n) is 6.47. The first-order chi connectivity index (χ1) is 15.2. The van der Waals surface area contributed by atoms with Crippen LogP contribution in [0.3, 0.4) is 0 Å². The molecule has 2 aliphatic rings. The molecular formula is C24H28ClN3O4. The molecule has 0 bridgehead atoms. The lowest BCUT2D eigenvalue weighted by Crippen LogP contribution is -2.52. The molecule has 1 saturated heterocycles. The molecule has 170 valence electrons. The Morgan fingerprint density at radius 1 is 1.22 bits per heavy atom. The van der Waals surface area contributed by atoms with Crippen LogP contribution in [0.25, 0.3) is 0 Å². The maximum Gasteiger partial charge on any atom is 0.250 e. The number of hydrogen-bond donors (Lipinski definition) is 3. The smallest absolute Gasteiger partial charge is 0.250 e. The van der Waals surface area contributed by atoms with Crippen LogP contribution in [0.4, 0.5) is 11.4 Å². The molecule has 7 nitrogen and oxygen atoms in total. The van der Waals surface area contributed by atoms with Gasteiger partial charge in [-0.25, -0.2) is 0 Å². The first kappa shape index (κ1) is 22.4. The minimum absolute atomic E-state index is 0.0195. The first-order valence-electron chi connectivity index (χ1n) is 10.6. The molecule has 1 spiro atoms. The average Bonchev–Trinajstić information content (AvgIpc) is 3.29. The van der Waals surface area contributed by atoms with E-state index >= 15 is 0 Å². The lowest BCUT2D eigenvalue weighted by Gasteiger charge is -2.30. The number of fused-ring (bicyclic) bond motifs is 2. The minimum atomic E-state index is -1.20. The number of hydrogen-bond acceptors (Lipinski definition) is 5. The molecule has 32 heavy (non-hydrogen) atoms. The molecule has 2 aliphatic heterocycles. The topological polar surface area (TPSA) is 88.7 Å². The van der Waals surface area contributed by atoms with Crippen molar-refractivity contribution >= 4 is 34.8 Å². The molecule has 2 heterocycles. The van der Waals surface area contributed by atoms with Crippen LogP contribution in [-0.4, -0.2) is 32.1 Å². The molecule has 0 aromatic heterocycles. The number of methoxy groups -OCH3 is 2. The molecule has 2 aromatic carbocycles. The summed E-state index contributed by atoms with van der Waals surface area (Å²) < 4.78 is 10.7. The summed E-state index contributed by atoms with van der Waals surface area (Å²) in [5.74, 6) is 0.147. The van der Waals surface area contributed by atoms with Gasteiger partial charge in [0.05, 0.1) is 36.5 Å². The molecule has 0 saturated carbocycles. The van der Waals surface area contributed by atoms with Crippen LogP contribution >= 0.6 is 11.6 Å². The summed E-state index contributed by atoms with van der Waals surface area (Å²) in [5, 5.41) is 9.86. The van der Waals surface area contributed by atoms with Crippen molar-refractivity contribution in [1.82, 2.24) is 5.32 Å². The number of carbonyl (C=O) groups excluding carboxylic acids is 2. The van der Waals surface area contributed by atoms with Gasteiger partial charge < -0.3 is 20.1 Å². The predicted molar refractivity (Wildman–Crippen MR) is 125 cm³/mol. The molecule has 0 unspecified atom stereocenters. The van der Waals surface area contributed by atoms with Crippen LogP contribution in [0.5, 0.6) is 11.5 Å². The molecular weight excluding hydrogens is 430 g/mol. The van der Waals surface area contributed by atoms with Gasteiger partial charge in [0.1, 0.15) is 17.0 Å². The first-order valence-corrected chi connectivity index (χ1v) is 11.0. The molecule has 3 N–H and O–H groups in total. The van der Waals surface area contributed by atoms with E-state index in [1.807, 2.05) is 19.1 Å². The Balaban J connectivity index is 1.78. The highest BCUT2D eigenvalue weighted by atomic mass is 35.5. The zero-order valence-electron chi connectivity index (χ0n) is 18.8. The second-order valence-electron chi connectivity index (χ2n) is 8.77. The summed E-state index contributed by atoms with van der Waals surface area (Å²) in [6.45, 7) is 6.08. The molecule has 0 aliphatic carbocycles. The molecule has 4 rings (SSSR count). The van der Waals surface area contributed by atoms with Crippen LogP contribution in [0.15, 0.2) is 30.3 Å². The summed E-state index contributed by atoms with van der Waals surface area (Å²) in [4.78, 5) is 27.1. The number of nitrogens with one attached hydrogen (secondary N) is 3. The number of benzene rings is 2. The Hall–Kier alpha value is -2.77. The predicted octanol–water partition coefficient (Wildman–Crippen LogP) is 4.09. The molecule has 3 atom stereocenters. The highest BCUT2D eigenvalue weighted by molar-refractivity contribution is 6.35. The van der Waals surface area contributed by atoms with E-state index in [1.165, 1.54) is 7.11 Å². The fourth-order valence-electron chi connectivity index (χ4n) is 4.76. The number of carbonyl (C=O) groups is 2. The van der Waals surface area contributed by atoms with Crippen LogP contribution in [0, 0.1) is 18.8 Å². The zero-order chi connectivity index (χ0) is 23.2. The van der Waals surface area contributed by atoms with Crippen molar-refractivity contribution in [3.63, 3.8) is 0 Å². The molecule has 2 aromatic rings. The van der Waals surface area contributed by atoms with Crippen LogP contribution in [0.2, 0.25) is 5.02 Å². The van der Waals surface area contributed by atoms with Gasteiger partial charge in [-0.05, 0) is 43.0 Å². The summed E-state index contributed by atoms with van der Waals surface area (Å²) in [6, 6.07) is 8.91. The summed E-state index contributed by atoms with van der Waals surface area (Å²) >= 11 is 6.46. The van der Waals surface area contributed by atoms with Crippen molar-refractivity contribution in [2.24, 2.45) is 11.8 Å². The van der Waals surface area contributed by atoms with Crippen molar-refractivity contribution in [2.45, 2.75) is 38.8 Å². The highest BCUT2D eigenvalue weighted by Gasteiger charge is 2.60. The van der Waals surface area contributed by atoms with Crippen LogP contribution < -0.4 is 25.4 Å². The van der Waals surface area contributed by atoms with E-state index < -0.39 is 11.5 Å². The van der Waals surface area contributed by atoms with Crippen molar-refractivity contribution < 1.29 is 19.1 Å². The molecule has 2 amide bonds. The van der Waals surface area contributed by atoms with E-state index in [2.05, 4.69) is 29.8 Å². The average molecular weight is 458 g/mol. The van der Waals surface area contributed by atoms with Gasteiger partial charge in [0.2, 0.25) is 11.8 Å². The van der Waals surface area contributed by atoms with E-state index in [4.69, 9.17) is 21.1 Å². The zero-order valence-corrected chi connectivity index (χ0v) is 19.6. The van der Waals surface area contributed by atoms with Gasteiger partial charge in [0.15, 0.2) is 0 Å². The van der Waals surface area contributed by atoms with Gasteiger partial charge in [0.25, 0.3) is 0 Å². The Labute approximate surface area is 192 Å². The maximum absolute atomic E-state index is 13.7. The highest BCUT2D eigenvalue weighted by Crippen LogP contribution is 2.50. The van der Waals surface area contributed by atoms with Crippen molar-refractivity contribution in [3.05, 3.63) is 46.5 Å². The molecule has 8 heteroatoms. The quantitative estimate of drug-likeness (QED) is 0.629. The third kappa shape index (κ3) is 3.49. The van der Waals surface area contributed by atoms with Crippen LogP contribution in [0.1, 0.15) is 31.4 Å². The fourth-order valence-corrected chi connectivity index (χ4v) is 5.08. The summed E-state index contributed by atoms with van der Waals surface area (Å²) in [5.41, 5.74) is 1.49. The van der Waals surface area contributed by atoms with Gasteiger partial charge >= 0.3 is 0 Å². The molecule has 1 fully saturated rings. The monoisotopic (exact) mass is 457 g/mol. The number of aryl methyl sites for hydroxylation is 1.